The molecular formula is C14H27F2N3. The van der Waals surface area contributed by atoms with Crippen molar-refractivity contribution in [2.24, 2.45) is 11.8 Å². The molecule has 5 heteroatoms. The highest BCUT2D eigenvalue weighted by Crippen LogP contribution is 2.44. The van der Waals surface area contributed by atoms with E-state index in [-0.39, 0.29) is 30.3 Å². The van der Waals surface area contributed by atoms with Crippen LogP contribution in [-0.4, -0.2) is 36.5 Å². The fourth-order valence-corrected chi connectivity index (χ4v) is 4.11. The van der Waals surface area contributed by atoms with Crippen LogP contribution in [0.1, 0.15) is 51.4 Å². The molecule has 3 nitrogen and oxygen atoms in total. The van der Waals surface area contributed by atoms with Crippen LogP contribution in [0.2, 0.25) is 0 Å². The zero-order chi connectivity index (χ0) is 14.1. The van der Waals surface area contributed by atoms with Crippen molar-refractivity contribution < 1.29 is 8.78 Å². The SMILES string of the molecule is CN(C)C1(C(CC2CCC(F)(F)C2)NN)CCCC1. The van der Waals surface area contributed by atoms with Gasteiger partial charge in [-0.05, 0) is 45.7 Å². The van der Waals surface area contributed by atoms with Crippen molar-refractivity contribution in [2.45, 2.75) is 68.9 Å². The Balaban J connectivity index is 2.03. The van der Waals surface area contributed by atoms with Gasteiger partial charge in [0, 0.05) is 24.4 Å². The summed E-state index contributed by atoms with van der Waals surface area (Å²) in [7, 11) is 4.16. The molecule has 0 aromatic carbocycles. The van der Waals surface area contributed by atoms with Crippen molar-refractivity contribution in [3.63, 3.8) is 0 Å². The molecule has 2 fully saturated rings. The maximum absolute atomic E-state index is 13.3. The Morgan fingerprint density at radius 2 is 1.89 bits per heavy atom. The van der Waals surface area contributed by atoms with Crippen molar-refractivity contribution in [1.82, 2.24) is 10.3 Å². The first-order valence-corrected chi connectivity index (χ1v) is 7.41. The lowest BCUT2D eigenvalue weighted by Crippen LogP contribution is -2.59. The predicted octanol–water partition coefficient (Wildman–Crippen LogP) is 2.52. The largest absolute Gasteiger partial charge is 0.302 e. The molecule has 2 saturated carbocycles. The molecular weight excluding hydrogens is 248 g/mol. The third-order valence-electron chi connectivity index (χ3n) is 5.28. The second-order valence-electron chi connectivity index (χ2n) is 6.62. The number of rotatable bonds is 5. The molecule has 0 spiro atoms. The average Bonchev–Trinajstić information content (AvgIpc) is 2.93. The third kappa shape index (κ3) is 3.09. The van der Waals surface area contributed by atoms with Crippen LogP contribution >= 0.6 is 0 Å². The summed E-state index contributed by atoms with van der Waals surface area (Å²) in [5.74, 6) is 3.41. The zero-order valence-corrected chi connectivity index (χ0v) is 12.1. The highest BCUT2D eigenvalue weighted by atomic mass is 19.3. The quantitative estimate of drug-likeness (QED) is 0.598. The normalized spacial score (nSPS) is 30.9. The monoisotopic (exact) mass is 275 g/mol. The molecule has 0 aromatic rings. The van der Waals surface area contributed by atoms with Crippen molar-refractivity contribution in [1.29, 1.82) is 0 Å². The summed E-state index contributed by atoms with van der Waals surface area (Å²) >= 11 is 0. The number of nitrogens with zero attached hydrogens (tertiary/aromatic N) is 1. The van der Waals surface area contributed by atoms with Crippen LogP contribution in [0.25, 0.3) is 0 Å². The number of halogens is 2. The number of alkyl halides is 2. The topological polar surface area (TPSA) is 41.3 Å². The Labute approximate surface area is 114 Å². The van der Waals surface area contributed by atoms with Crippen LogP contribution in [0.3, 0.4) is 0 Å². The van der Waals surface area contributed by atoms with E-state index >= 15 is 0 Å². The zero-order valence-electron chi connectivity index (χ0n) is 12.1. The smallest absolute Gasteiger partial charge is 0.248 e. The Morgan fingerprint density at radius 1 is 1.26 bits per heavy atom. The minimum Gasteiger partial charge on any atom is -0.302 e. The molecule has 0 aliphatic heterocycles. The summed E-state index contributed by atoms with van der Waals surface area (Å²) in [6.45, 7) is 0. The van der Waals surface area contributed by atoms with E-state index in [4.69, 9.17) is 5.84 Å². The van der Waals surface area contributed by atoms with Gasteiger partial charge in [-0.1, -0.05) is 12.8 Å². The van der Waals surface area contributed by atoms with E-state index in [1.165, 1.54) is 12.8 Å². The summed E-state index contributed by atoms with van der Waals surface area (Å²) in [5, 5.41) is 0. The minimum atomic E-state index is -2.45. The highest BCUT2D eigenvalue weighted by Gasteiger charge is 2.46. The molecule has 2 aliphatic carbocycles. The molecule has 2 unspecified atom stereocenters. The Morgan fingerprint density at radius 3 is 2.32 bits per heavy atom. The van der Waals surface area contributed by atoms with Gasteiger partial charge in [0.15, 0.2) is 0 Å². The Hall–Kier alpha value is -0.260. The highest BCUT2D eigenvalue weighted by molar-refractivity contribution is 5.02. The Kier molecular flexibility index (Phi) is 4.48. The van der Waals surface area contributed by atoms with Gasteiger partial charge in [0.1, 0.15) is 0 Å². The second-order valence-corrected chi connectivity index (χ2v) is 6.62. The van der Waals surface area contributed by atoms with Gasteiger partial charge in [0.05, 0.1) is 0 Å². The van der Waals surface area contributed by atoms with Crippen LogP contribution in [0.5, 0.6) is 0 Å². The average molecular weight is 275 g/mol. The van der Waals surface area contributed by atoms with Crippen LogP contribution in [-0.2, 0) is 0 Å². The molecule has 0 heterocycles. The first-order valence-electron chi connectivity index (χ1n) is 7.41. The van der Waals surface area contributed by atoms with Gasteiger partial charge in [0.2, 0.25) is 5.92 Å². The number of nitrogens with two attached hydrogens (primary N) is 1. The molecule has 0 amide bonds. The molecule has 19 heavy (non-hydrogen) atoms. The number of hydrogen-bond donors (Lipinski definition) is 2. The number of hydrazine groups is 1. The van der Waals surface area contributed by atoms with E-state index < -0.39 is 5.92 Å². The van der Waals surface area contributed by atoms with E-state index in [0.29, 0.717) is 6.42 Å². The summed E-state index contributed by atoms with van der Waals surface area (Å²) in [6.07, 6.45) is 6.11. The van der Waals surface area contributed by atoms with Gasteiger partial charge < -0.3 is 4.90 Å². The van der Waals surface area contributed by atoms with Gasteiger partial charge in [-0.15, -0.1) is 0 Å². The van der Waals surface area contributed by atoms with Gasteiger partial charge in [-0.2, -0.15) is 0 Å². The third-order valence-corrected chi connectivity index (χ3v) is 5.28. The van der Waals surface area contributed by atoms with Crippen molar-refractivity contribution in [3.8, 4) is 0 Å². The molecule has 0 radical (unpaired) electrons. The number of likely N-dealkylation sites (N-methyl/N-ethyl adjacent to an activating group) is 1. The van der Waals surface area contributed by atoms with Crippen molar-refractivity contribution in [3.05, 3.63) is 0 Å². The first kappa shape index (κ1) is 15.1. The summed E-state index contributed by atoms with van der Waals surface area (Å²) in [6, 6.07) is 0.115. The van der Waals surface area contributed by atoms with Gasteiger partial charge in [-0.3, -0.25) is 11.3 Å². The van der Waals surface area contributed by atoms with Crippen LogP contribution < -0.4 is 11.3 Å². The molecule has 2 rings (SSSR count). The molecule has 0 bridgehead atoms. The molecule has 0 aromatic heterocycles. The van der Waals surface area contributed by atoms with E-state index in [9.17, 15) is 8.78 Å². The van der Waals surface area contributed by atoms with Crippen LogP contribution in [0.4, 0.5) is 8.78 Å². The van der Waals surface area contributed by atoms with E-state index in [1.54, 1.807) is 0 Å². The van der Waals surface area contributed by atoms with Gasteiger partial charge in [0.25, 0.3) is 0 Å². The fraction of sp³-hybridized carbons (Fsp3) is 1.00. The summed E-state index contributed by atoms with van der Waals surface area (Å²) in [4.78, 5) is 2.25. The lowest BCUT2D eigenvalue weighted by atomic mass is 9.81. The van der Waals surface area contributed by atoms with Crippen LogP contribution in [0.15, 0.2) is 0 Å². The Bertz CT molecular complexity index is 301. The van der Waals surface area contributed by atoms with Crippen LogP contribution in [0, 0.1) is 5.92 Å². The molecule has 2 atom stereocenters. The standard InChI is InChI=1S/C14H27F2N3/c1-19(2)13(6-3-4-7-13)12(18-17)9-11-5-8-14(15,16)10-11/h11-12,18H,3-10,17H2,1-2H3. The first-order chi connectivity index (χ1) is 8.89. The van der Waals surface area contributed by atoms with E-state index in [2.05, 4.69) is 24.4 Å². The lowest BCUT2D eigenvalue weighted by molar-refractivity contribution is 0.00262. The number of hydrogen-bond acceptors (Lipinski definition) is 3. The summed E-state index contributed by atoms with van der Waals surface area (Å²) in [5.41, 5.74) is 2.98. The number of nitrogens with one attached hydrogen (secondary N) is 1. The van der Waals surface area contributed by atoms with E-state index in [1.807, 2.05) is 0 Å². The van der Waals surface area contributed by atoms with Gasteiger partial charge in [-0.25, -0.2) is 8.78 Å². The molecule has 3 N–H and O–H groups in total. The van der Waals surface area contributed by atoms with Gasteiger partial charge >= 0.3 is 0 Å². The maximum Gasteiger partial charge on any atom is 0.248 e. The lowest BCUT2D eigenvalue weighted by Gasteiger charge is -2.44. The van der Waals surface area contributed by atoms with Crippen molar-refractivity contribution in [2.75, 3.05) is 14.1 Å². The fourth-order valence-electron chi connectivity index (χ4n) is 4.11. The molecule has 112 valence electrons. The maximum atomic E-state index is 13.3. The van der Waals surface area contributed by atoms with Crippen molar-refractivity contribution >= 4 is 0 Å². The molecule has 0 saturated heterocycles. The second kappa shape index (κ2) is 5.62. The molecule has 2 aliphatic rings. The van der Waals surface area contributed by atoms with E-state index in [0.717, 1.165) is 19.3 Å². The predicted molar refractivity (Wildman–Crippen MR) is 72.9 cm³/mol. The minimum absolute atomic E-state index is 0.0364. The summed E-state index contributed by atoms with van der Waals surface area (Å²) < 4.78 is 26.6.